The van der Waals surface area contributed by atoms with Crippen molar-refractivity contribution in [2.24, 2.45) is 0 Å². The van der Waals surface area contributed by atoms with Gasteiger partial charge in [-0.15, -0.1) is 0 Å². The molecule has 150 valence electrons. The van der Waals surface area contributed by atoms with Gasteiger partial charge in [0.1, 0.15) is 6.04 Å². The molecule has 1 aromatic rings. The summed E-state index contributed by atoms with van der Waals surface area (Å²) < 4.78 is 43.9. The third-order valence-electron chi connectivity index (χ3n) is 4.71. The van der Waals surface area contributed by atoms with Crippen molar-refractivity contribution in [3.63, 3.8) is 0 Å². The van der Waals surface area contributed by atoms with Gasteiger partial charge < -0.3 is 9.64 Å². The first-order valence-electron chi connectivity index (χ1n) is 9.49. The fraction of sp³-hybridized carbons (Fsp3) is 0.600. The molecule has 1 aliphatic rings. The number of alkyl halides is 3. The van der Waals surface area contributed by atoms with Gasteiger partial charge in [-0.3, -0.25) is 4.79 Å². The zero-order chi connectivity index (χ0) is 19.9. The highest BCUT2D eigenvalue weighted by Crippen LogP contribution is 2.30. The molecule has 0 N–H and O–H groups in total. The summed E-state index contributed by atoms with van der Waals surface area (Å²) in [6, 6.07) is 3.58. The second-order valence-corrected chi connectivity index (χ2v) is 6.82. The third-order valence-corrected chi connectivity index (χ3v) is 4.71. The monoisotopic (exact) mass is 385 g/mol. The van der Waals surface area contributed by atoms with E-state index in [1.165, 1.54) is 17.0 Å². The quantitative estimate of drug-likeness (QED) is 0.476. The highest BCUT2D eigenvalue weighted by molar-refractivity contribution is 5.97. The first-order chi connectivity index (χ1) is 12.8. The maximum atomic E-state index is 12.9. The van der Waals surface area contributed by atoms with E-state index in [0.717, 1.165) is 44.2 Å². The number of halogens is 3. The van der Waals surface area contributed by atoms with Gasteiger partial charge in [-0.25, -0.2) is 4.79 Å². The topological polar surface area (TPSA) is 46.6 Å². The summed E-state index contributed by atoms with van der Waals surface area (Å²) in [6.45, 7) is 2.77. The van der Waals surface area contributed by atoms with Crippen LogP contribution in [-0.2, 0) is 15.7 Å². The Balaban J connectivity index is 1.95. The van der Waals surface area contributed by atoms with Gasteiger partial charge in [0, 0.05) is 12.1 Å². The molecule has 0 bridgehead atoms. The summed E-state index contributed by atoms with van der Waals surface area (Å²) in [6.07, 6.45) is 1.72. The number of benzene rings is 1. The van der Waals surface area contributed by atoms with Crippen molar-refractivity contribution in [1.29, 1.82) is 0 Å². The Kier molecular flexibility index (Phi) is 7.68. The van der Waals surface area contributed by atoms with Crippen molar-refractivity contribution in [1.82, 2.24) is 4.90 Å². The third kappa shape index (κ3) is 5.97. The van der Waals surface area contributed by atoms with Crippen LogP contribution in [-0.4, -0.2) is 36.0 Å². The second-order valence-electron chi connectivity index (χ2n) is 6.82. The van der Waals surface area contributed by atoms with Crippen LogP contribution < -0.4 is 0 Å². The predicted octanol–water partition coefficient (Wildman–Crippen LogP) is 4.82. The van der Waals surface area contributed by atoms with Crippen LogP contribution in [0.5, 0.6) is 0 Å². The molecule has 0 aliphatic carbocycles. The number of carbonyl (C=O) groups excluding carboxylic acids is 2. The molecule has 0 aromatic heterocycles. The summed E-state index contributed by atoms with van der Waals surface area (Å²) in [7, 11) is 0. The Morgan fingerprint density at radius 3 is 2.63 bits per heavy atom. The molecule has 0 radical (unpaired) electrons. The first kappa shape index (κ1) is 21.3. The van der Waals surface area contributed by atoms with Crippen molar-refractivity contribution in [2.45, 2.75) is 64.1 Å². The molecule has 1 aliphatic heterocycles. The number of hydrogen-bond acceptors (Lipinski definition) is 3. The Hall–Kier alpha value is -2.05. The standard InChI is InChI=1S/C20H26F3NO3/c1-2-3-4-5-6-13-27-19(26)17-11-8-12-24(17)18(25)15-9-7-10-16(14-15)20(21,22)23/h7,9-10,14,17H,2-6,8,11-13H2,1H3. The molecule has 1 unspecified atom stereocenters. The molecule has 1 heterocycles. The summed E-state index contributed by atoms with van der Waals surface area (Å²) in [5, 5.41) is 0. The van der Waals surface area contributed by atoms with Crippen LogP contribution in [0.4, 0.5) is 13.2 Å². The van der Waals surface area contributed by atoms with E-state index in [1.54, 1.807) is 0 Å². The van der Waals surface area contributed by atoms with E-state index >= 15 is 0 Å². The number of rotatable bonds is 8. The molecule has 1 aromatic carbocycles. The number of esters is 1. The van der Waals surface area contributed by atoms with Gasteiger partial charge in [0.15, 0.2) is 0 Å². The van der Waals surface area contributed by atoms with Crippen molar-refractivity contribution < 1.29 is 27.5 Å². The summed E-state index contributed by atoms with van der Waals surface area (Å²) >= 11 is 0. The number of amides is 1. The Morgan fingerprint density at radius 1 is 1.19 bits per heavy atom. The smallest absolute Gasteiger partial charge is 0.416 e. The first-order valence-corrected chi connectivity index (χ1v) is 9.49. The highest BCUT2D eigenvalue weighted by atomic mass is 19.4. The lowest BCUT2D eigenvalue weighted by molar-refractivity contribution is -0.148. The average Bonchev–Trinajstić information content (AvgIpc) is 3.13. The van der Waals surface area contributed by atoms with Crippen LogP contribution in [0.25, 0.3) is 0 Å². The molecule has 1 amide bonds. The molecule has 0 spiro atoms. The lowest BCUT2D eigenvalue weighted by Gasteiger charge is -2.23. The molecule has 0 saturated carbocycles. The van der Waals surface area contributed by atoms with Crippen LogP contribution in [0.15, 0.2) is 24.3 Å². The van der Waals surface area contributed by atoms with Gasteiger partial charge in [0.25, 0.3) is 5.91 Å². The average molecular weight is 385 g/mol. The number of hydrogen-bond donors (Lipinski definition) is 0. The molecule has 1 atom stereocenters. The van der Waals surface area contributed by atoms with Crippen LogP contribution in [0.1, 0.15) is 67.8 Å². The normalized spacial score (nSPS) is 17.2. The lowest BCUT2D eigenvalue weighted by atomic mass is 10.1. The number of carbonyl (C=O) groups is 2. The SMILES string of the molecule is CCCCCCCOC(=O)C1CCCN1C(=O)c1cccc(C(F)(F)F)c1. The maximum Gasteiger partial charge on any atom is 0.416 e. The van der Waals surface area contributed by atoms with Gasteiger partial charge in [0.05, 0.1) is 12.2 Å². The van der Waals surface area contributed by atoms with Crippen molar-refractivity contribution in [2.75, 3.05) is 13.2 Å². The predicted molar refractivity (Wildman–Crippen MR) is 95.2 cm³/mol. The van der Waals surface area contributed by atoms with E-state index in [-0.39, 0.29) is 5.56 Å². The van der Waals surface area contributed by atoms with Gasteiger partial charge in [0.2, 0.25) is 0 Å². The van der Waals surface area contributed by atoms with E-state index in [4.69, 9.17) is 4.74 Å². The van der Waals surface area contributed by atoms with Gasteiger partial charge in [-0.05, 0) is 37.5 Å². The Bertz CT molecular complexity index is 646. The van der Waals surface area contributed by atoms with E-state index in [1.807, 2.05) is 0 Å². The number of ether oxygens (including phenoxy) is 1. The van der Waals surface area contributed by atoms with Crippen LogP contribution in [0, 0.1) is 0 Å². The largest absolute Gasteiger partial charge is 0.464 e. The highest BCUT2D eigenvalue weighted by Gasteiger charge is 2.37. The molecule has 27 heavy (non-hydrogen) atoms. The zero-order valence-electron chi connectivity index (χ0n) is 15.6. The summed E-state index contributed by atoms with van der Waals surface area (Å²) in [5.41, 5.74) is -0.942. The fourth-order valence-corrected chi connectivity index (χ4v) is 3.22. The van der Waals surface area contributed by atoms with Gasteiger partial charge >= 0.3 is 12.1 Å². The number of likely N-dealkylation sites (tertiary alicyclic amines) is 1. The van der Waals surface area contributed by atoms with Crippen LogP contribution >= 0.6 is 0 Å². The molecule has 4 nitrogen and oxygen atoms in total. The van der Waals surface area contributed by atoms with Crippen LogP contribution in [0.3, 0.4) is 0 Å². The van der Waals surface area contributed by atoms with E-state index in [9.17, 15) is 22.8 Å². The molecule has 7 heteroatoms. The van der Waals surface area contributed by atoms with Crippen molar-refractivity contribution >= 4 is 11.9 Å². The van der Waals surface area contributed by atoms with E-state index < -0.39 is 29.7 Å². The molecule has 1 saturated heterocycles. The van der Waals surface area contributed by atoms with E-state index in [0.29, 0.717) is 26.0 Å². The number of nitrogens with zero attached hydrogens (tertiary/aromatic N) is 1. The molecule has 1 fully saturated rings. The van der Waals surface area contributed by atoms with Crippen molar-refractivity contribution in [3.8, 4) is 0 Å². The summed E-state index contributed by atoms with van der Waals surface area (Å²) in [4.78, 5) is 26.3. The van der Waals surface area contributed by atoms with Gasteiger partial charge in [-0.1, -0.05) is 38.7 Å². The lowest BCUT2D eigenvalue weighted by Crippen LogP contribution is -2.41. The molecule has 2 rings (SSSR count). The van der Waals surface area contributed by atoms with Gasteiger partial charge in [-0.2, -0.15) is 13.2 Å². The molecular formula is C20H26F3NO3. The zero-order valence-corrected chi connectivity index (χ0v) is 15.6. The second kappa shape index (κ2) is 9.76. The molecular weight excluding hydrogens is 359 g/mol. The maximum absolute atomic E-state index is 12.9. The minimum atomic E-state index is -4.52. The van der Waals surface area contributed by atoms with Crippen LogP contribution in [0.2, 0.25) is 0 Å². The minimum Gasteiger partial charge on any atom is -0.464 e. The van der Waals surface area contributed by atoms with E-state index in [2.05, 4.69) is 6.92 Å². The minimum absolute atomic E-state index is 0.0657. The van der Waals surface area contributed by atoms with Crippen molar-refractivity contribution in [3.05, 3.63) is 35.4 Å². The Morgan fingerprint density at radius 2 is 1.93 bits per heavy atom. The number of unbranched alkanes of at least 4 members (excludes halogenated alkanes) is 4. The fourth-order valence-electron chi connectivity index (χ4n) is 3.22. The Labute approximate surface area is 157 Å². The summed E-state index contributed by atoms with van der Waals surface area (Å²) in [5.74, 6) is -1.04.